The molecule has 0 aliphatic carbocycles. The average molecular weight is 291 g/mol. The first kappa shape index (κ1) is 15.5. The van der Waals surface area contributed by atoms with E-state index in [1.165, 1.54) is 0 Å². The van der Waals surface area contributed by atoms with Gasteiger partial charge in [-0.15, -0.1) is 0 Å². The highest BCUT2D eigenvalue weighted by Gasteiger charge is 2.25. The summed E-state index contributed by atoms with van der Waals surface area (Å²) in [6, 6.07) is 2.20. The Bertz CT molecular complexity index is 503. The van der Waals surface area contributed by atoms with Crippen molar-refractivity contribution in [3.8, 4) is 0 Å². The summed E-state index contributed by atoms with van der Waals surface area (Å²) in [4.78, 5) is 22.6. The van der Waals surface area contributed by atoms with Crippen molar-refractivity contribution >= 4 is 17.5 Å². The minimum absolute atomic E-state index is 0.0285. The Morgan fingerprint density at radius 1 is 1.48 bits per heavy atom. The van der Waals surface area contributed by atoms with Gasteiger partial charge in [-0.25, -0.2) is 9.97 Å². The topological polar surface area (TPSA) is 70.2 Å². The second-order valence-corrected chi connectivity index (χ2v) is 5.79. The van der Waals surface area contributed by atoms with Gasteiger partial charge in [0.2, 0.25) is 5.91 Å². The summed E-state index contributed by atoms with van der Waals surface area (Å²) in [5.41, 5.74) is 0. The highest BCUT2D eigenvalue weighted by Crippen LogP contribution is 2.23. The molecule has 6 nitrogen and oxygen atoms in total. The predicted molar refractivity (Wildman–Crippen MR) is 84.7 cm³/mol. The van der Waals surface area contributed by atoms with Crippen LogP contribution in [-0.4, -0.2) is 41.6 Å². The van der Waals surface area contributed by atoms with E-state index in [1.807, 2.05) is 6.07 Å². The largest absolute Gasteiger partial charge is 0.370 e. The van der Waals surface area contributed by atoms with E-state index in [4.69, 9.17) is 0 Å². The van der Waals surface area contributed by atoms with E-state index in [0.717, 1.165) is 43.5 Å². The number of rotatable bonds is 5. The van der Waals surface area contributed by atoms with Crippen LogP contribution in [0.4, 0.5) is 11.6 Å². The van der Waals surface area contributed by atoms with E-state index < -0.39 is 0 Å². The number of nitrogens with one attached hydrogen (secondary N) is 2. The molecule has 2 heterocycles. The molecule has 1 aromatic rings. The van der Waals surface area contributed by atoms with Crippen LogP contribution in [0.25, 0.3) is 0 Å². The van der Waals surface area contributed by atoms with Gasteiger partial charge in [0.1, 0.15) is 17.5 Å². The Morgan fingerprint density at radius 3 is 2.86 bits per heavy atom. The molecule has 2 rings (SSSR count). The lowest BCUT2D eigenvalue weighted by atomic mass is 10.2. The van der Waals surface area contributed by atoms with E-state index in [-0.39, 0.29) is 17.9 Å². The lowest BCUT2D eigenvalue weighted by molar-refractivity contribution is -0.119. The van der Waals surface area contributed by atoms with Gasteiger partial charge in [0.05, 0.1) is 0 Å². The maximum Gasteiger partial charge on any atom is 0.217 e. The second-order valence-electron chi connectivity index (χ2n) is 5.79. The Balaban J connectivity index is 2.17. The molecule has 116 valence electrons. The van der Waals surface area contributed by atoms with Gasteiger partial charge in [0.25, 0.3) is 0 Å². The minimum Gasteiger partial charge on any atom is -0.370 e. The highest BCUT2D eigenvalue weighted by molar-refractivity contribution is 5.73. The maximum absolute atomic E-state index is 11.2. The van der Waals surface area contributed by atoms with Crippen molar-refractivity contribution in [2.75, 3.05) is 29.9 Å². The Hall–Kier alpha value is -1.85. The van der Waals surface area contributed by atoms with Crippen molar-refractivity contribution in [3.05, 3.63) is 11.9 Å². The van der Waals surface area contributed by atoms with Gasteiger partial charge in [0, 0.05) is 44.6 Å². The maximum atomic E-state index is 11.2. The van der Waals surface area contributed by atoms with Crippen LogP contribution in [0, 0.1) is 0 Å². The van der Waals surface area contributed by atoms with Gasteiger partial charge in [0.15, 0.2) is 0 Å². The van der Waals surface area contributed by atoms with Crippen LogP contribution in [-0.2, 0) is 4.79 Å². The quantitative estimate of drug-likeness (QED) is 0.865. The summed E-state index contributed by atoms with van der Waals surface area (Å²) in [5.74, 6) is 2.98. The van der Waals surface area contributed by atoms with Crippen molar-refractivity contribution in [2.45, 2.75) is 46.1 Å². The molecule has 0 spiro atoms. The standard InChI is InChI=1S/C15H25N5O/c1-5-16-13-8-14(19-15(18-13)10(2)3)20-7-6-12(9-20)17-11(4)21/h8,10,12H,5-7,9H2,1-4H3,(H,17,21)(H,16,18,19). The fraction of sp³-hybridized carbons (Fsp3) is 0.667. The molecule has 0 bridgehead atoms. The summed E-state index contributed by atoms with van der Waals surface area (Å²) in [6.45, 7) is 10.4. The average Bonchev–Trinajstić information content (AvgIpc) is 2.86. The van der Waals surface area contributed by atoms with Gasteiger partial charge in [-0.2, -0.15) is 0 Å². The van der Waals surface area contributed by atoms with Gasteiger partial charge < -0.3 is 15.5 Å². The Kier molecular flexibility index (Phi) is 4.98. The fourth-order valence-electron chi connectivity index (χ4n) is 2.52. The third-order valence-corrected chi connectivity index (χ3v) is 3.52. The summed E-state index contributed by atoms with van der Waals surface area (Å²) >= 11 is 0. The van der Waals surface area contributed by atoms with Crippen LogP contribution >= 0.6 is 0 Å². The molecule has 1 fully saturated rings. The summed E-state index contributed by atoms with van der Waals surface area (Å²) in [6.07, 6.45) is 0.955. The van der Waals surface area contributed by atoms with Gasteiger partial charge in [-0.05, 0) is 13.3 Å². The molecule has 1 amide bonds. The summed E-state index contributed by atoms with van der Waals surface area (Å²) in [7, 11) is 0. The molecule has 1 aliphatic rings. The van der Waals surface area contributed by atoms with Crippen molar-refractivity contribution in [1.82, 2.24) is 15.3 Å². The lowest BCUT2D eigenvalue weighted by Gasteiger charge is -2.20. The highest BCUT2D eigenvalue weighted by atomic mass is 16.1. The number of hydrogen-bond acceptors (Lipinski definition) is 5. The van der Waals surface area contributed by atoms with Crippen LogP contribution in [0.5, 0.6) is 0 Å². The van der Waals surface area contributed by atoms with E-state index >= 15 is 0 Å². The van der Waals surface area contributed by atoms with Gasteiger partial charge >= 0.3 is 0 Å². The van der Waals surface area contributed by atoms with Crippen LogP contribution in [0.2, 0.25) is 0 Å². The third-order valence-electron chi connectivity index (χ3n) is 3.52. The number of aromatic nitrogens is 2. The molecule has 1 aromatic heterocycles. The van der Waals surface area contributed by atoms with Crippen LogP contribution in [0.1, 0.15) is 45.9 Å². The molecular weight excluding hydrogens is 266 g/mol. The zero-order valence-electron chi connectivity index (χ0n) is 13.3. The number of carbonyl (C=O) groups is 1. The van der Waals surface area contributed by atoms with E-state index in [2.05, 4.69) is 46.3 Å². The number of anilines is 2. The number of carbonyl (C=O) groups excluding carboxylic acids is 1. The monoisotopic (exact) mass is 291 g/mol. The molecule has 1 saturated heterocycles. The normalized spacial score (nSPS) is 18.1. The van der Waals surface area contributed by atoms with Crippen LogP contribution in [0.15, 0.2) is 6.07 Å². The smallest absolute Gasteiger partial charge is 0.217 e. The van der Waals surface area contributed by atoms with Crippen molar-refractivity contribution < 1.29 is 4.79 Å². The first-order valence-electron chi connectivity index (χ1n) is 7.64. The van der Waals surface area contributed by atoms with E-state index in [1.54, 1.807) is 6.92 Å². The molecule has 1 aliphatic heterocycles. The predicted octanol–water partition coefficient (Wildman–Crippen LogP) is 1.75. The van der Waals surface area contributed by atoms with Crippen molar-refractivity contribution in [1.29, 1.82) is 0 Å². The van der Waals surface area contributed by atoms with Crippen molar-refractivity contribution in [2.24, 2.45) is 0 Å². The SMILES string of the molecule is CCNc1cc(N2CCC(NC(C)=O)C2)nc(C(C)C)n1. The molecule has 21 heavy (non-hydrogen) atoms. The zero-order chi connectivity index (χ0) is 15.4. The zero-order valence-corrected chi connectivity index (χ0v) is 13.3. The van der Waals surface area contributed by atoms with Gasteiger partial charge in [-0.3, -0.25) is 4.79 Å². The second kappa shape index (κ2) is 6.74. The number of amides is 1. The minimum atomic E-state index is 0.0285. The summed E-state index contributed by atoms with van der Waals surface area (Å²) in [5, 5.41) is 6.24. The number of hydrogen-bond donors (Lipinski definition) is 2. The van der Waals surface area contributed by atoms with Crippen LogP contribution in [0.3, 0.4) is 0 Å². The van der Waals surface area contributed by atoms with Crippen LogP contribution < -0.4 is 15.5 Å². The Morgan fingerprint density at radius 2 is 2.24 bits per heavy atom. The molecule has 0 saturated carbocycles. The molecule has 2 N–H and O–H groups in total. The molecule has 1 atom stereocenters. The van der Waals surface area contributed by atoms with Crippen molar-refractivity contribution in [3.63, 3.8) is 0 Å². The first-order valence-corrected chi connectivity index (χ1v) is 7.64. The molecule has 0 radical (unpaired) electrons. The fourth-order valence-corrected chi connectivity index (χ4v) is 2.52. The van der Waals surface area contributed by atoms with E-state index in [9.17, 15) is 4.79 Å². The lowest BCUT2D eigenvalue weighted by Crippen LogP contribution is -2.35. The van der Waals surface area contributed by atoms with Gasteiger partial charge in [-0.1, -0.05) is 13.8 Å². The molecule has 6 heteroatoms. The first-order chi connectivity index (χ1) is 9.99. The van der Waals surface area contributed by atoms with E-state index in [0.29, 0.717) is 0 Å². The third kappa shape index (κ3) is 4.06. The molecular formula is C15H25N5O. The Labute approximate surface area is 126 Å². The molecule has 1 unspecified atom stereocenters. The number of nitrogens with zero attached hydrogens (tertiary/aromatic N) is 3. The summed E-state index contributed by atoms with van der Waals surface area (Å²) < 4.78 is 0. The molecule has 0 aromatic carbocycles.